The Labute approximate surface area is 177 Å². The second-order valence-corrected chi connectivity index (χ2v) is 8.52. The van der Waals surface area contributed by atoms with Gasteiger partial charge in [-0.15, -0.1) is 0 Å². The normalized spacial score (nSPS) is 11.9. The lowest BCUT2D eigenvalue weighted by Crippen LogP contribution is -2.34. The zero-order chi connectivity index (χ0) is 21.2. The number of aromatic nitrogens is 3. The van der Waals surface area contributed by atoms with E-state index < -0.39 is 11.7 Å². The van der Waals surface area contributed by atoms with Crippen LogP contribution in [0.4, 0.5) is 10.6 Å². The molecule has 9 heteroatoms. The quantitative estimate of drug-likeness (QED) is 0.572. The minimum absolute atomic E-state index is 0.342. The van der Waals surface area contributed by atoms with E-state index in [1.807, 2.05) is 50.5 Å². The molecule has 3 aromatic rings. The molecular formula is C20H26BrN5O3. The summed E-state index contributed by atoms with van der Waals surface area (Å²) < 4.78 is 13.8. The van der Waals surface area contributed by atoms with Crippen LogP contribution in [0.15, 0.2) is 22.7 Å². The predicted octanol–water partition coefficient (Wildman–Crippen LogP) is 3.99. The van der Waals surface area contributed by atoms with E-state index in [0.29, 0.717) is 37.6 Å². The summed E-state index contributed by atoms with van der Waals surface area (Å²) in [6.07, 6.45) is -0.455. The number of fused-ring (bicyclic) bond motifs is 3. The van der Waals surface area contributed by atoms with E-state index in [0.717, 1.165) is 26.7 Å². The molecule has 8 nitrogen and oxygen atoms in total. The molecule has 0 fully saturated rings. The molecule has 0 spiro atoms. The summed E-state index contributed by atoms with van der Waals surface area (Å²) in [7, 11) is 0. The number of rotatable bonds is 6. The van der Waals surface area contributed by atoms with Crippen molar-refractivity contribution in [2.24, 2.45) is 0 Å². The molecule has 3 N–H and O–H groups in total. The Morgan fingerprint density at radius 1 is 1.31 bits per heavy atom. The van der Waals surface area contributed by atoms with Crippen LogP contribution in [0, 0.1) is 0 Å². The van der Waals surface area contributed by atoms with Crippen molar-refractivity contribution in [1.29, 1.82) is 0 Å². The van der Waals surface area contributed by atoms with Crippen molar-refractivity contribution < 1.29 is 14.3 Å². The Morgan fingerprint density at radius 3 is 2.76 bits per heavy atom. The van der Waals surface area contributed by atoms with Gasteiger partial charge in [-0.1, -0.05) is 15.9 Å². The molecule has 0 radical (unpaired) electrons. The van der Waals surface area contributed by atoms with Crippen LogP contribution in [-0.2, 0) is 22.6 Å². The lowest BCUT2D eigenvalue weighted by Gasteiger charge is -2.20. The maximum Gasteiger partial charge on any atom is 0.407 e. The Kier molecular flexibility index (Phi) is 6.28. The number of nitrogen functional groups attached to an aromatic ring is 1. The third kappa shape index (κ3) is 4.97. The summed E-state index contributed by atoms with van der Waals surface area (Å²) in [6, 6.07) is 5.86. The first kappa shape index (κ1) is 21.3. The number of nitrogens with zero attached hydrogens (tertiary/aromatic N) is 3. The highest BCUT2D eigenvalue weighted by Gasteiger charge is 2.19. The molecule has 0 unspecified atom stereocenters. The standard InChI is InChI=1S/C20H26BrN5O3/c1-5-28-11-15-25-16-17(13-7-6-12(21)10-14(13)24-18(16)22)26(15)9-8-23-19(27)29-20(2,3)4/h6-7,10H,5,8-9,11H2,1-4H3,(H2,22,24)(H,23,27). The van der Waals surface area contributed by atoms with E-state index in [1.54, 1.807) is 0 Å². The van der Waals surface area contributed by atoms with Gasteiger partial charge in [-0.3, -0.25) is 0 Å². The Bertz CT molecular complexity index is 1040. The summed E-state index contributed by atoms with van der Waals surface area (Å²) in [6.45, 7) is 9.20. The summed E-state index contributed by atoms with van der Waals surface area (Å²) in [4.78, 5) is 21.2. The molecule has 0 bridgehead atoms. The van der Waals surface area contributed by atoms with Gasteiger partial charge >= 0.3 is 6.09 Å². The van der Waals surface area contributed by atoms with Gasteiger partial charge in [-0.2, -0.15) is 0 Å². The van der Waals surface area contributed by atoms with Gasteiger partial charge in [0, 0.05) is 29.6 Å². The monoisotopic (exact) mass is 463 g/mol. The summed E-state index contributed by atoms with van der Waals surface area (Å²) in [5, 5.41) is 3.73. The van der Waals surface area contributed by atoms with Crippen molar-refractivity contribution in [3.63, 3.8) is 0 Å². The van der Waals surface area contributed by atoms with Crippen molar-refractivity contribution in [1.82, 2.24) is 19.9 Å². The fourth-order valence-electron chi connectivity index (χ4n) is 3.06. The molecule has 3 rings (SSSR count). The number of hydrogen-bond donors (Lipinski definition) is 2. The van der Waals surface area contributed by atoms with Gasteiger partial charge in [0.15, 0.2) is 5.82 Å². The first-order valence-electron chi connectivity index (χ1n) is 9.48. The van der Waals surface area contributed by atoms with E-state index in [-0.39, 0.29) is 0 Å². The number of carbonyl (C=O) groups is 1. The van der Waals surface area contributed by atoms with Crippen LogP contribution in [0.25, 0.3) is 21.9 Å². The Balaban J connectivity index is 1.98. The van der Waals surface area contributed by atoms with E-state index in [1.165, 1.54) is 0 Å². The topological polar surface area (TPSA) is 104 Å². The van der Waals surface area contributed by atoms with E-state index in [2.05, 4.69) is 31.2 Å². The zero-order valence-electron chi connectivity index (χ0n) is 17.1. The molecule has 2 aromatic heterocycles. The van der Waals surface area contributed by atoms with Crippen molar-refractivity contribution in [2.75, 3.05) is 18.9 Å². The van der Waals surface area contributed by atoms with Crippen LogP contribution >= 0.6 is 15.9 Å². The Morgan fingerprint density at radius 2 is 2.07 bits per heavy atom. The number of benzene rings is 1. The predicted molar refractivity (Wildman–Crippen MR) is 117 cm³/mol. The van der Waals surface area contributed by atoms with Crippen molar-refractivity contribution >= 4 is 49.8 Å². The molecule has 0 aliphatic carbocycles. The molecule has 0 saturated carbocycles. The molecule has 1 aromatic carbocycles. The summed E-state index contributed by atoms with van der Waals surface area (Å²) in [5.74, 6) is 1.10. The van der Waals surface area contributed by atoms with Crippen LogP contribution < -0.4 is 11.1 Å². The average molecular weight is 464 g/mol. The first-order valence-corrected chi connectivity index (χ1v) is 10.3. The molecule has 0 aliphatic heterocycles. The molecule has 0 aliphatic rings. The largest absolute Gasteiger partial charge is 0.444 e. The second-order valence-electron chi connectivity index (χ2n) is 7.60. The molecule has 1 amide bonds. The molecule has 0 atom stereocenters. The van der Waals surface area contributed by atoms with E-state index in [4.69, 9.17) is 15.2 Å². The smallest absolute Gasteiger partial charge is 0.407 e. The number of nitrogens with two attached hydrogens (primary N) is 1. The van der Waals surface area contributed by atoms with Gasteiger partial charge in [0.2, 0.25) is 0 Å². The number of imidazole rings is 1. The van der Waals surface area contributed by atoms with E-state index in [9.17, 15) is 4.79 Å². The van der Waals surface area contributed by atoms with Gasteiger partial charge in [-0.25, -0.2) is 14.8 Å². The highest BCUT2D eigenvalue weighted by atomic mass is 79.9. The molecule has 156 valence electrons. The van der Waals surface area contributed by atoms with Gasteiger partial charge in [0.25, 0.3) is 0 Å². The van der Waals surface area contributed by atoms with E-state index >= 15 is 0 Å². The summed E-state index contributed by atoms with van der Waals surface area (Å²) >= 11 is 3.48. The lowest BCUT2D eigenvalue weighted by molar-refractivity contribution is 0.0526. The maximum absolute atomic E-state index is 12.0. The third-order valence-electron chi connectivity index (χ3n) is 4.18. The molecule has 29 heavy (non-hydrogen) atoms. The SMILES string of the molecule is CCOCc1nc2c(N)nc3cc(Br)ccc3c2n1CCNC(=O)OC(C)(C)C. The Hall–Kier alpha value is -2.39. The number of halogens is 1. The van der Waals surface area contributed by atoms with Crippen molar-refractivity contribution in [3.05, 3.63) is 28.5 Å². The van der Waals surface area contributed by atoms with Crippen LogP contribution in [0.1, 0.15) is 33.5 Å². The van der Waals surface area contributed by atoms with Crippen molar-refractivity contribution in [2.45, 2.75) is 46.4 Å². The van der Waals surface area contributed by atoms with Gasteiger partial charge < -0.3 is 25.1 Å². The lowest BCUT2D eigenvalue weighted by atomic mass is 10.2. The highest BCUT2D eigenvalue weighted by molar-refractivity contribution is 9.10. The molecule has 0 saturated heterocycles. The van der Waals surface area contributed by atoms with Crippen LogP contribution in [0.2, 0.25) is 0 Å². The van der Waals surface area contributed by atoms with Crippen LogP contribution in [0.5, 0.6) is 0 Å². The maximum atomic E-state index is 12.0. The minimum atomic E-state index is -0.546. The van der Waals surface area contributed by atoms with Crippen LogP contribution in [-0.4, -0.2) is 39.4 Å². The molecular weight excluding hydrogens is 438 g/mol. The number of anilines is 1. The van der Waals surface area contributed by atoms with Crippen molar-refractivity contribution in [3.8, 4) is 0 Å². The number of alkyl carbamates (subject to hydrolysis) is 1. The highest BCUT2D eigenvalue weighted by Crippen LogP contribution is 2.30. The fraction of sp³-hybridized carbons (Fsp3) is 0.450. The number of amides is 1. The third-order valence-corrected chi connectivity index (χ3v) is 4.68. The number of hydrogen-bond acceptors (Lipinski definition) is 6. The van der Waals surface area contributed by atoms with Crippen LogP contribution in [0.3, 0.4) is 0 Å². The minimum Gasteiger partial charge on any atom is -0.444 e. The van der Waals surface area contributed by atoms with Gasteiger partial charge in [0.1, 0.15) is 23.5 Å². The zero-order valence-corrected chi connectivity index (χ0v) is 18.7. The first-order chi connectivity index (χ1) is 13.7. The number of pyridine rings is 1. The fourth-order valence-corrected chi connectivity index (χ4v) is 3.41. The number of carbonyl (C=O) groups excluding carboxylic acids is 1. The summed E-state index contributed by atoms with van der Waals surface area (Å²) in [5.41, 5.74) is 7.93. The second kappa shape index (κ2) is 8.54. The van der Waals surface area contributed by atoms with Gasteiger partial charge in [-0.05, 0) is 45.9 Å². The number of ether oxygens (including phenoxy) is 2. The number of nitrogens with one attached hydrogen (secondary N) is 1. The average Bonchev–Trinajstić information content (AvgIpc) is 2.97. The van der Waals surface area contributed by atoms with Gasteiger partial charge in [0.05, 0.1) is 11.0 Å². The molecule has 2 heterocycles.